The maximum absolute atomic E-state index is 12.4. The molecule has 0 aromatic rings. The van der Waals surface area contributed by atoms with Gasteiger partial charge >= 0.3 is 5.97 Å². The normalized spacial score (nSPS) is 12.1. The van der Waals surface area contributed by atoms with Gasteiger partial charge in [0.15, 0.2) is 0 Å². The molecule has 1 atom stereocenters. The minimum absolute atomic E-state index is 0.151. The summed E-state index contributed by atoms with van der Waals surface area (Å²) in [5, 5.41) is 15.3. The van der Waals surface area contributed by atoms with Crippen LogP contribution in [0.2, 0.25) is 0 Å². The number of amides is 1. The Hall–Kier alpha value is -1.10. The third-order valence-electron chi connectivity index (χ3n) is 6.45. The third-order valence-corrected chi connectivity index (χ3v) is 6.45. The minimum atomic E-state index is -0.926. The number of carbonyl (C=O) groups excluding carboxylic acids is 1. The average Bonchev–Trinajstić information content (AvgIpc) is 2.79. The number of aliphatic carboxylic acids is 1. The molecule has 0 aliphatic heterocycles. The van der Waals surface area contributed by atoms with E-state index in [0.717, 1.165) is 25.7 Å². The van der Waals surface area contributed by atoms with E-state index >= 15 is 0 Å². The molecule has 0 rings (SSSR count). The van der Waals surface area contributed by atoms with E-state index in [1.165, 1.54) is 103 Å². The molecule has 0 aliphatic carbocycles. The van der Waals surface area contributed by atoms with Gasteiger partial charge in [-0.3, -0.25) is 9.59 Å². The van der Waals surface area contributed by atoms with Crippen LogP contribution in [0, 0.1) is 0 Å². The van der Waals surface area contributed by atoms with Gasteiger partial charge in [-0.15, -0.1) is 0 Å². The van der Waals surface area contributed by atoms with Crippen LogP contribution in [0.15, 0.2) is 0 Å². The van der Waals surface area contributed by atoms with Gasteiger partial charge < -0.3 is 15.7 Å². The van der Waals surface area contributed by atoms with Crippen molar-refractivity contribution in [1.29, 1.82) is 0 Å². The molecule has 0 aromatic carbocycles. The maximum Gasteiger partial charge on any atom is 0.305 e. The number of carboxylic acids is 1. The molecule has 0 heterocycles. The van der Waals surface area contributed by atoms with Crippen molar-refractivity contribution < 1.29 is 14.7 Å². The van der Waals surface area contributed by atoms with Crippen molar-refractivity contribution in [3.05, 3.63) is 0 Å². The summed E-state index contributed by atoms with van der Waals surface area (Å²) in [5.41, 5.74) is 0. The van der Waals surface area contributed by atoms with E-state index in [1.54, 1.807) is 0 Å². The fourth-order valence-corrected chi connectivity index (χ4v) is 4.27. The highest BCUT2D eigenvalue weighted by Gasteiger charge is 2.20. The summed E-state index contributed by atoms with van der Waals surface area (Å²) in [4.78, 5) is 23.6. The summed E-state index contributed by atoms with van der Waals surface area (Å²) in [6, 6.07) is -0.621. The Balaban J connectivity index is 3.72. The van der Waals surface area contributed by atoms with Gasteiger partial charge in [-0.25, -0.2) is 0 Å². The zero-order chi connectivity index (χ0) is 24.4. The Morgan fingerprint density at radius 1 is 0.576 bits per heavy atom. The fourth-order valence-electron chi connectivity index (χ4n) is 4.27. The number of unbranched alkanes of at least 4 members (excludes halogenated alkanes) is 18. The van der Waals surface area contributed by atoms with Gasteiger partial charge in [0.05, 0.1) is 12.5 Å². The summed E-state index contributed by atoms with van der Waals surface area (Å²) in [6.07, 6.45) is 25.2. The van der Waals surface area contributed by atoms with Crippen LogP contribution < -0.4 is 10.6 Å². The molecule has 0 saturated carbocycles. The quantitative estimate of drug-likeness (QED) is 0.116. The monoisotopic (exact) mass is 468 g/mol. The lowest BCUT2D eigenvalue weighted by atomic mass is 10.1. The van der Waals surface area contributed by atoms with Crippen LogP contribution in [0.1, 0.15) is 149 Å². The number of hydrogen-bond acceptors (Lipinski definition) is 3. The first-order valence-corrected chi connectivity index (χ1v) is 14.3. The third kappa shape index (κ3) is 23.8. The molecule has 0 unspecified atom stereocenters. The molecule has 0 bridgehead atoms. The van der Waals surface area contributed by atoms with Crippen molar-refractivity contribution in [3.63, 3.8) is 0 Å². The molecule has 0 radical (unpaired) electrons. The predicted molar refractivity (Wildman–Crippen MR) is 141 cm³/mol. The van der Waals surface area contributed by atoms with Crippen molar-refractivity contribution in [2.45, 2.75) is 155 Å². The highest BCUT2D eigenvalue weighted by molar-refractivity contribution is 5.86. The second kappa shape index (κ2) is 25.5. The fraction of sp³-hybridized carbons (Fsp3) is 0.929. The SMILES string of the molecule is CCCCCCCCCCCCNC(=O)[C@H](CC(=O)O)NCCCCCCCCCCCC. The molecule has 5 heteroatoms. The summed E-state index contributed by atoms with van der Waals surface area (Å²) in [6.45, 7) is 5.85. The molecule has 3 N–H and O–H groups in total. The molecule has 0 fully saturated rings. The van der Waals surface area contributed by atoms with Crippen LogP contribution in [0.5, 0.6) is 0 Å². The van der Waals surface area contributed by atoms with E-state index in [0.29, 0.717) is 13.1 Å². The van der Waals surface area contributed by atoms with Crippen LogP contribution >= 0.6 is 0 Å². The molecular weight excluding hydrogens is 412 g/mol. The maximum atomic E-state index is 12.4. The molecule has 5 nitrogen and oxygen atoms in total. The van der Waals surface area contributed by atoms with E-state index in [-0.39, 0.29) is 12.3 Å². The highest BCUT2D eigenvalue weighted by Crippen LogP contribution is 2.11. The van der Waals surface area contributed by atoms with Crippen LogP contribution in [0.4, 0.5) is 0 Å². The Kier molecular flexibility index (Phi) is 24.7. The van der Waals surface area contributed by atoms with Crippen molar-refractivity contribution in [2.24, 2.45) is 0 Å². The van der Waals surface area contributed by atoms with Crippen molar-refractivity contribution in [1.82, 2.24) is 10.6 Å². The topological polar surface area (TPSA) is 78.4 Å². The molecule has 1 amide bonds. The van der Waals surface area contributed by atoms with Crippen molar-refractivity contribution >= 4 is 11.9 Å². The van der Waals surface area contributed by atoms with Crippen LogP contribution in [0.25, 0.3) is 0 Å². The predicted octanol–water partition coefficient (Wildman–Crippen LogP) is 7.38. The summed E-state index contributed by atoms with van der Waals surface area (Å²) < 4.78 is 0. The van der Waals surface area contributed by atoms with Gasteiger partial charge in [0.2, 0.25) is 5.91 Å². The lowest BCUT2D eigenvalue weighted by molar-refractivity contribution is -0.140. The number of rotatable bonds is 26. The number of carboxylic acid groups (broad SMARTS) is 1. The minimum Gasteiger partial charge on any atom is -0.481 e. The smallest absolute Gasteiger partial charge is 0.305 e. The number of hydrogen-bond donors (Lipinski definition) is 3. The number of nitrogens with one attached hydrogen (secondary N) is 2. The second-order valence-corrected chi connectivity index (χ2v) is 9.76. The second-order valence-electron chi connectivity index (χ2n) is 9.76. The summed E-state index contributed by atoms with van der Waals surface area (Å²) in [7, 11) is 0. The van der Waals surface area contributed by atoms with Gasteiger partial charge in [-0.1, -0.05) is 129 Å². The van der Waals surface area contributed by atoms with Gasteiger partial charge in [-0.2, -0.15) is 0 Å². The molecule has 0 spiro atoms. The van der Waals surface area contributed by atoms with Crippen LogP contribution in [-0.2, 0) is 9.59 Å². The van der Waals surface area contributed by atoms with Crippen LogP contribution in [-0.4, -0.2) is 36.1 Å². The van der Waals surface area contributed by atoms with Crippen LogP contribution in [0.3, 0.4) is 0 Å². The molecule has 0 saturated heterocycles. The van der Waals surface area contributed by atoms with Gasteiger partial charge in [-0.05, 0) is 19.4 Å². The Labute approximate surface area is 205 Å². The first-order chi connectivity index (χ1) is 16.1. The number of carbonyl (C=O) groups is 2. The van der Waals surface area contributed by atoms with E-state index in [9.17, 15) is 9.59 Å². The molecule has 196 valence electrons. The lowest BCUT2D eigenvalue weighted by Crippen LogP contribution is -2.46. The average molecular weight is 469 g/mol. The zero-order valence-corrected chi connectivity index (χ0v) is 22.1. The van der Waals surface area contributed by atoms with Gasteiger partial charge in [0, 0.05) is 6.54 Å². The van der Waals surface area contributed by atoms with Crippen molar-refractivity contribution in [2.75, 3.05) is 13.1 Å². The van der Waals surface area contributed by atoms with Gasteiger partial charge in [0.25, 0.3) is 0 Å². The molecule has 0 aliphatic rings. The van der Waals surface area contributed by atoms with E-state index in [4.69, 9.17) is 5.11 Å². The largest absolute Gasteiger partial charge is 0.481 e. The lowest BCUT2D eigenvalue weighted by Gasteiger charge is -2.17. The van der Waals surface area contributed by atoms with Crippen molar-refractivity contribution in [3.8, 4) is 0 Å². The Bertz CT molecular complexity index is 443. The Morgan fingerprint density at radius 3 is 1.33 bits per heavy atom. The summed E-state index contributed by atoms with van der Waals surface area (Å²) >= 11 is 0. The van der Waals surface area contributed by atoms with E-state index in [1.807, 2.05) is 0 Å². The molecular formula is C28H56N2O3. The zero-order valence-electron chi connectivity index (χ0n) is 22.1. The standard InChI is InChI=1S/C28H56N2O3/c1-3-5-7-9-11-13-15-17-19-21-23-29-26(25-27(31)32)28(33)30-24-22-20-18-16-14-12-10-8-6-4-2/h26,29H,3-25H2,1-2H3,(H,30,33)(H,31,32)/t26-/m0/s1. The first kappa shape index (κ1) is 31.9. The molecule has 0 aromatic heterocycles. The first-order valence-electron chi connectivity index (χ1n) is 14.3. The Morgan fingerprint density at radius 2 is 0.939 bits per heavy atom. The highest BCUT2D eigenvalue weighted by atomic mass is 16.4. The van der Waals surface area contributed by atoms with E-state index < -0.39 is 12.0 Å². The van der Waals surface area contributed by atoms with Gasteiger partial charge in [0.1, 0.15) is 0 Å². The van der Waals surface area contributed by atoms with E-state index in [2.05, 4.69) is 24.5 Å². The molecule has 33 heavy (non-hydrogen) atoms. The summed E-state index contributed by atoms with van der Waals surface area (Å²) in [5.74, 6) is -1.09.